The second-order valence-electron chi connectivity index (χ2n) is 4.98. The van der Waals surface area contributed by atoms with Crippen LogP contribution in [-0.2, 0) is 4.57 Å². The van der Waals surface area contributed by atoms with Gasteiger partial charge in [-0.1, -0.05) is 36.4 Å². The van der Waals surface area contributed by atoms with Crippen LogP contribution in [0.1, 0.15) is 0 Å². The van der Waals surface area contributed by atoms with Crippen LogP contribution in [0.3, 0.4) is 0 Å². The Bertz CT molecular complexity index is 762. The van der Waals surface area contributed by atoms with Gasteiger partial charge in [0, 0.05) is 5.69 Å². The minimum Gasteiger partial charge on any atom is -0.437 e. The van der Waals surface area contributed by atoms with Crippen LogP contribution in [0.15, 0.2) is 84.9 Å². The lowest BCUT2D eigenvalue weighted by atomic mass is 10.3. The Morgan fingerprint density at radius 2 is 1.22 bits per heavy atom. The van der Waals surface area contributed by atoms with Gasteiger partial charge in [-0.15, -0.1) is 0 Å². The molecule has 0 aliphatic rings. The van der Waals surface area contributed by atoms with E-state index >= 15 is 0 Å². The summed E-state index contributed by atoms with van der Waals surface area (Å²) in [5, 5.41) is 1.32. The van der Waals surface area contributed by atoms with Crippen molar-refractivity contribution in [3.8, 4) is 5.75 Å². The highest BCUT2D eigenvalue weighted by Crippen LogP contribution is 2.45. The maximum Gasteiger partial charge on any atom is 0.306 e. The van der Waals surface area contributed by atoms with E-state index in [0.717, 1.165) is 5.69 Å². The zero-order valence-electron chi connectivity index (χ0n) is 12.4. The summed E-state index contributed by atoms with van der Waals surface area (Å²) in [4.78, 5) is 0. The van der Waals surface area contributed by atoms with Crippen LogP contribution >= 0.6 is 7.37 Å². The second kappa shape index (κ2) is 6.69. The average Bonchev–Trinajstić information content (AvgIpc) is 2.64. The molecule has 0 bridgehead atoms. The first-order chi connectivity index (χ1) is 11.2. The van der Waals surface area contributed by atoms with Crippen molar-refractivity contribution in [3.63, 3.8) is 0 Å². The van der Waals surface area contributed by atoms with E-state index in [1.807, 2.05) is 60.7 Å². The van der Waals surface area contributed by atoms with Crippen molar-refractivity contribution in [2.75, 3.05) is 5.43 Å². The quantitative estimate of drug-likeness (QED) is 0.429. The summed E-state index contributed by atoms with van der Waals surface area (Å²) in [5.74, 6) is 5.89. The fourth-order valence-corrected chi connectivity index (χ4v) is 4.32. The highest BCUT2D eigenvalue weighted by atomic mass is 31.2. The van der Waals surface area contributed by atoms with E-state index < -0.39 is 7.37 Å². The van der Waals surface area contributed by atoms with Gasteiger partial charge in [0.2, 0.25) is 0 Å². The van der Waals surface area contributed by atoms with Crippen molar-refractivity contribution in [3.05, 3.63) is 84.9 Å². The van der Waals surface area contributed by atoms with Crippen molar-refractivity contribution >= 4 is 23.7 Å². The topological polar surface area (TPSA) is 64.3 Å². The summed E-state index contributed by atoms with van der Waals surface area (Å²) in [6.07, 6.45) is 0. The maximum atomic E-state index is 13.7. The first-order valence-corrected chi connectivity index (χ1v) is 8.82. The summed E-state index contributed by atoms with van der Waals surface area (Å²) in [7, 11) is -3.22. The Morgan fingerprint density at radius 3 is 1.65 bits per heavy atom. The summed E-state index contributed by atoms with van der Waals surface area (Å²) in [5.41, 5.74) is 3.31. The van der Waals surface area contributed by atoms with Crippen LogP contribution in [0, 0.1) is 0 Å². The third kappa shape index (κ3) is 3.29. The van der Waals surface area contributed by atoms with Gasteiger partial charge >= 0.3 is 7.37 Å². The van der Waals surface area contributed by atoms with Gasteiger partial charge in [-0.25, -0.2) is 0 Å². The summed E-state index contributed by atoms with van der Waals surface area (Å²) in [6.45, 7) is 0. The van der Waals surface area contributed by atoms with Gasteiger partial charge in [0.1, 0.15) is 5.75 Å². The third-order valence-electron chi connectivity index (χ3n) is 3.45. The third-order valence-corrected chi connectivity index (χ3v) is 5.87. The Morgan fingerprint density at radius 1 is 0.739 bits per heavy atom. The fourth-order valence-electron chi connectivity index (χ4n) is 2.26. The molecular weight excluding hydrogens is 307 g/mol. The fraction of sp³-hybridized carbons (Fsp3) is 0. The average molecular weight is 324 g/mol. The Balaban J connectivity index is 2.04. The number of hydrogen-bond acceptors (Lipinski definition) is 4. The Kier molecular flexibility index (Phi) is 4.47. The molecule has 0 aliphatic carbocycles. The molecule has 3 N–H and O–H groups in total. The molecular formula is C18H17N2O2P. The van der Waals surface area contributed by atoms with Gasteiger partial charge in [-0.2, -0.15) is 0 Å². The molecule has 0 heterocycles. The predicted octanol–water partition coefficient (Wildman–Crippen LogP) is 3.28. The van der Waals surface area contributed by atoms with Crippen LogP contribution in [0.4, 0.5) is 5.69 Å². The van der Waals surface area contributed by atoms with Gasteiger partial charge in [-0.3, -0.25) is 10.4 Å². The number of nitrogens with two attached hydrogens (primary N) is 1. The number of benzene rings is 3. The monoisotopic (exact) mass is 324 g/mol. The molecule has 4 nitrogen and oxygen atoms in total. The van der Waals surface area contributed by atoms with Crippen LogP contribution in [0.25, 0.3) is 0 Å². The molecule has 0 radical (unpaired) electrons. The van der Waals surface area contributed by atoms with Crippen LogP contribution < -0.4 is 26.4 Å². The van der Waals surface area contributed by atoms with Gasteiger partial charge in [0.15, 0.2) is 0 Å². The molecule has 0 aromatic heterocycles. The minimum atomic E-state index is -3.22. The predicted molar refractivity (Wildman–Crippen MR) is 94.6 cm³/mol. The van der Waals surface area contributed by atoms with E-state index in [0.29, 0.717) is 16.4 Å². The molecule has 3 aromatic rings. The molecule has 0 spiro atoms. The summed E-state index contributed by atoms with van der Waals surface area (Å²) < 4.78 is 19.6. The number of nitrogen functional groups attached to an aromatic ring is 1. The first kappa shape index (κ1) is 15.3. The van der Waals surface area contributed by atoms with E-state index in [1.165, 1.54) is 0 Å². The van der Waals surface area contributed by atoms with E-state index in [4.69, 9.17) is 10.4 Å². The van der Waals surface area contributed by atoms with Crippen LogP contribution in [0.2, 0.25) is 0 Å². The lowest BCUT2D eigenvalue weighted by molar-refractivity contribution is 0.503. The number of hydrogen-bond donors (Lipinski definition) is 2. The van der Waals surface area contributed by atoms with Gasteiger partial charge < -0.3 is 9.95 Å². The molecule has 23 heavy (non-hydrogen) atoms. The Labute approximate surface area is 135 Å². The summed E-state index contributed by atoms with van der Waals surface area (Å²) in [6, 6.07) is 25.5. The Hall–Kier alpha value is -2.55. The maximum absolute atomic E-state index is 13.7. The second-order valence-corrected chi connectivity index (χ2v) is 7.30. The molecule has 0 fully saturated rings. The van der Waals surface area contributed by atoms with E-state index in [1.54, 1.807) is 24.3 Å². The lowest BCUT2D eigenvalue weighted by Crippen LogP contribution is -2.20. The molecule has 5 heteroatoms. The van der Waals surface area contributed by atoms with Crippen molar-refractivity contribution in [1.82, 2.24) is 0 Å². The SMILES string of the molecule is NNc1ccc(OP(=O)(c2ccccc2)c2ccccc2)cc1. The smallest absolute Gasteiger partial charge is 0.306 e. The van der Waals surface area contributed by atoms with Crippen molar-refractivity contribution < 1.29 is 9.09 Å². The highest BCUT2D eigenvalue weighted by molar-refractivity contribution is 7.74. The largest absolute Gasteiger partial charge is 0.437 e. The van der Waals surface area contributed by atoms with Gasteiger partial charge in [0.25, 0.3) is 0 Å². The van der Waals surface area contributed by atoms with Gasteiger partial charge in [0.05, 0.1) is 10.6 Å². The van der Waals surface area contributed by atoms with Crippen LogP contribution in [-0.4, -0.2) is 0 Å². The zero-order chi connectivity index (χ0) is 16.1. The number of anilines is 1. The van der Waals surface area contributed by atoms with Crippen LogP contribution in [0.5, 0.6) is 5.75 Å². The van der Waals surface area contributed by atoms with E-state index in [2.05, 4.69) is 5.43 Å². The standard InChI is InChI=1S/C18H17N2O2P/c19-20-15-11-13-16(14-12-15)22-23(21,17-7-3-1-4-8-17)18-9-5-2-6-10-18/h1-14,20H,19H2. The van der Waals surface area contributed by atoms with E-state index in [-0.39, 0.29) is 0 Å². The number of nitrogens with one attached hydrogen (secondary N) is 1. The lowest BCUT2D eigenvalue weighted by Gasteiger charge is -2.20. The van der Waals surface area contributed by atoms with Crippen molar-refractivity contribution in [2.45, 2.75) is 0 Å². The molecule has 3 rings (SSSR count). The molecule has 0 saturated carbocycles. The zero-order valence-corrected chi connectivity index (χ0v) is 13.3. The molecule has 0 unspecified atom stereocenters. The summed E-state index contributed by atoms with van der Waals surface area (Å²) >= 11 is 0. The number of rotatable bonds is 5. The number of hydrazine groups is 1. The molecule has 0 amide bonds. The first-order valence-electron chi connectivity index (χ1n) is 7.20. The molecule has 0 aliphatic heterocycles. The normalized spacial score (nSPS) is 11.0. The van der Waals surface area contributed by atoms with E-state index in [9.17, 15) is 4.57 Å². The van der Waals surface area contributed by atoms with Crippen molar-refractivity contribution in [2.24, 2.45) is 5.84 Å². The molecule has 0 saturated heterocycles. The molecule has 0 atom stereocenters. The molecule has 3 aromatic carbocycles. The van der Waals surface area contributed by atoms with Gasteiger partial charge in [-0.05, 0) is 48.5 Å². The van der Waals surface area contributed by atoms with Crippen molar-refractivity contribution in [1.29, 1.82) is 0 Å². The minimum absolute atomic E-state index is 0.528. The molecule has 116 valence electrons. The highest BCUT2D eigenvalue weighted by Gasteiger charge is 2.29.